The maximum absolute atomic E-state index is 12.2. The van der Waals surface area contributed by atoms with Crippen LogP contribution in [0.4, 0.5) is 21.9 Å². The minimum atomic E-state index is -0.992. The fraction of sp³-hybridized carbons (Fsp3) is 0.261. The average Bonchev–Trinajstić information content (AvgIpc) is 2.73. The van der Waals surface area contributed by atoms with Gasteiger partial charge in [0, 0.05) is 34.1 Å². The lowest BCUT2D eigenvalue weighted by atomic mass is 9.71. The van der Waals surface area contributed by atoms with Crippen molar-refractivity contribution in [1.82, 2.24) is 9.88 Å². The smallest absolute Gasteiger partial charge is 0.407 e. The summed E-state index contributed by atoms with van der Waals surface area (Å²) in [5.41, 5.74) is 9.40. The third-order valence-electron chi connectivity index (χ3n) is 5.67. The standard InChI is InChI=1S/C23H23BrN4O4/c1-2-32-20(29)10-23(12-28(13-23)22(30)31)14-3-6-16(7-4-14)27-21-17-9-15(24)5-8-19(17)26-11-18(21)25/h3-9,11H,2,10,12-13,25H2,1H3,(H,26,27)(H,30,31). The first-order valence-electron chi connectivity index (χ1n) is 10.2. The van der Waals surface area contributed by atoms with Crippen molar-refractivity contribution in [3.05, 3.63) is 58.7 Å². The molecule has 4 N–H and O–H groups in total. The number of nitrogen functional groups attached to an aromatic ring is 1. The van der Waals surface area contributed by atoms with Crippen LogP contribution >= 0.6 is 15.9 Å². The SMILES string of the molecule is CCOC(=O)CC1(c2ccc(Nc3c(N)cnc4ccc(Br)cc34)cc2)CN(C(=O)O)C1. The summed E-state index contributed by atoms with van der Waals surface area (Å²) in [6, 6.07) is 13.4. The van der Waals surface area contributed by atoms with Gasteiger partial charge in [-0.2, -0.15) is 0 Å². The Balaban J connectivity index is 1.60. The van der Waals surface area contributed by atoms with Crippen LogP contribution in [0.2, 0.25) is 0 Å². The van der Waals surface area contributed by atoms with E-state index in [1.165, 1.54) is 4.90 Å². The average molecular weight is 499 g/mol. The van der Waals surface area contributed by atoms with Gasteiger partial charge in [0.2, 0.25) is 0 Å². The number of carboxylic acid groups (broad SMARTS) is 1. The number of carbonyl (C=O) groups excluding carboxylic acids is 1. The van der Waals surface area contributed by atoms with Gasteiger partial charge < -0.3 is 25.8 Å². The van der Waals surface area contributed by atoms with Crippen LogP contribution in [0, 0.1) is 0 Å². The van der Waals surface area contributed by atoms with Gasteiger partial charge in [-0.1, -0.05) is 28.1 Å². The normalized spacial score (nSPS) is 14.6. The molecule has 1 fully saturated rings. The van der Waals surface area contributed by atoms with Gasteiger partial charge in [-0.05, 0) is 42.8 Å². The molecule has 166 valence electrons. The monoisotopic (exact) mass is 498 g/mol. The second-order valence-corrected chi connectivity index (χ2v) is 8.77. The van der Waals surface area contributed by atoms with E-state index in [-0.39, 0.29) is 32.1 Å². The van der Waals surface area contributed by atoms with Crippen LogP contribution in [0.5, 0.6) is 0 Å². The predicted octanol–water partition coefficient (Wildman–Crippen LogP) is 4.51. The van der Waals surface area contributed by atoms with E-state index in [4.69, 9.17) is 10.5 Å². The predicted molar refractivity (Wildman–Crippen MR) is 126 cm³/mol. The molecule has 0 radical (unpaired) electrons. The van der Waals surface area contributed by atoms with Crippen LogP contribution in [-0.2, 0) is 14.9 Å². The third-order valence-corrected chi connectivity index (χ3v) is 6.16. The van der Waals surface area contributed by atoms with E-state index in [0.29, 0.717) is 5.69 Å². The van der Waals surface area contributed by atoms with Crippen LogP contribution in [0.1, 0.15) is 18.9 Å². The molecule has 2 aromatic carbocycles. The van der Waals surface area contributed by atoms with E-state index in [1.807, 2.05) is 42.5 Å². The van der Waals surface area contributed by atoms with E-state index < -0.39 is 11.5 Å². The zero-order valence-corrected chi connectivity index (χ0v) is 19.1. The second kappa shape index (κ2) is 8.66. The minimum absolute atomic E-state index is 0.132. The topological polar surface area (TPSA) is 118 Å². The molecule has 32 heavy (non-hydrogen) atoms. The summed E-state index contributed by atoms with van der Waals surface area (Å²) in [4.78, 5) is 29.2. The lowest BCUT2D eigenvalue weighted by Gasteiger charge is -2.48. The van der Waals surface area contributed by atoms with Crippen LogP contribution in [0.25, 0.3) is 10.9 Å². The number of halogens is 1. The Hall–Kier alpha value is -3.33. The lowest BCUT2D eigenvalue weighted by molar-refractivity contribution is -0.146. The molecule has 0 bridgehead atoms. The number of benzene rings is 2. The summed E-state index contributed by atoms with van der Waals surface area (Å²) < 4.78 is 6.04. The first-order valence-corrected chi connectivity index (χ1v) is 11.0. The van der Waals surface area contributed by atoms with Gasteiger partial charge in [0.15, 0.2) is 0 Å². The Labute approximate surface area is 193 Å². The molecular formula is C23H23BrN4O4. The lowest BCUT2D eigenvalue weighted by Crippen LogP contribution is -2.61. The maximum Gasteiger partial charge on any atom is 0.407 e. The van der Waals surface area contributed by atoms with Crippen LogP contribution in [-0.4, -0.2) is 46.7 Å². The van der Waals surface area contributed by atoms with E-state index in [0.717, 1.165) is 32.3 Å². The van der Waals surface area contributed by atoms with Gasteiger partial charge in [-0.15, -0.1) is 0 Å². The molecule has 0 unspecified atom stereocenters. The van der Waals surface area contributed by atoms with Gasteiger partial charge >= 0.3 is 12.1 Å². The molecule has 0 atom stereocenters. The number of carbonyl (C=O) groups is 2. The number of ether oxygens (including phenoxy) is 1. The molecule has 9 heteroatoms. The molecule has 0 spiro atoms. The number of hydrogen-bond acceptors (Lipinski definition) is 6. The number of rotatable bonds is 6. The van der Waals surface area contributed by atoms with Crippen molar-refractivity contribution in [2.75, 3.05) is 30.7 Å². The molecule has 1 amide bonds. The van der Waals surface area contributed by atoms with Gasteiger partial charge in [-0.3, -0.25) is 9.78 Å². The maximum atomic E-state index is 12.2. The molecule has 0 saturated carbocycles. The first kappa shape index (κ1) is 21.9. The fourth-order valence-corrected chi connectivity index (χ4v) is 4.44. The Kier molecular flexibility index (Phi) is 5.92. The molecule has 1 aromatic heterocycles. The highest BCUT2D eigenvalue weighted by atomic mass is 79.9. The summed E-state index contributed by atoms with van der Waals surface area (Å²) >= 11 is 3.49. The minimum Gasteiger partial charge on any atom is -0.466 e. The molecule has 1 saturated heterocycles. The van der Waals surface area contributed by atoms with Crippen LogP contribution in [0.15, 0.2) is 53.1 Å². The first-order chi connectivity index (χ1) is 15.3. The fourth-order valence-electron chi connectivity index (χ4n) is 4.08. The number of nitrogens with zero attached hydrogens (tertiary/aromatic N) is 2. The third kappa shape index (κ3) is 4.20. The van der Waals surface area contributed by atoms with E-state index in [1.54, 1.807) is 13.1 Å². The van der Waals surface area contributed by atoms with E-state index in [2.05, 4.69) is 26.2 Å². The van der Waals surface area contributed by atoms with Crippen molar-refractivity contribution in [2.24, 2.45) is 0 Å². The number of amides is 1. The largest absolute Gasteiger partial charge is 0.466 e. The number of esters is 1. The van der Waals surface area contributed by atoms with Crippen molar-refractivity contribution >= 4 is 56.0 Å². The number of nitrogens with two attached hydrogens (primary N) is 1. The molecule has 0 aliphatic carbocycles. The zero-order chi connectivity index (χ0) is 22.9. The van der Waals surface area contributed by atoms with Crippen molar-refractivity contribution < 1.29 is 19.4 Å². The Bertz CT molecular complexity index is 1170. The number of anilines is 3. The molecule has 8 nitrogen and oxygen atoms in total. The number of likely N-dealkylation sites (tertiary alicyclic amines) is 1. The van der Waals surface area contributed by atoms with Crippen molar-refractivity contribution in [2.45, 2.75) is 18.8 Å². The molecule has 2 heterocycles. The number of fused-ring (bicyclic) bond motifs is 1. The number of aromatic nitrogens is 1. The summed E-state index contributed by atoms with van der Waals surface area (Å²) in [5, 5.41) is 13.5. The number of hydrogen-bond donors (Lipinski definition) is 3. The zero-order valence-electron chi connectivity index (χ0n) is 17.5. The summed E-state index contributed by atoms with van der Waals surface area (Å²) in [6.45, 7) is 2.55. The highest BCUT2D eigenvalue weighted by molar-refractivity contribution is 9.10. The van der Waals surface area contributed by atoms with Crippen molar-refractivity contribution in [3.8, 4) is 0 Å². The second-order valence-electron chi connectivity index (χ2n) is 7.85. The summed E-state index contributed by atoms with van der Waals surface area (Å²) in [7, 11) is 0. The van der Waals surface area contributed by atoms with Crippen molar-refractivity contribution in [1.29, 1.82) is 0 Å². The number of nitrogens with one attached hydrogen (secondary N) is 1. The van der Waals surface area contributed by atoms with E-state index >= 15 is 0 Å². The van der Waals surface area contributed by atoms with Gasteiger partial charge in [0.1, 0.15) is 0 Å². The Morgan fingerprint density at radius 3 is 2.62 bits per heavy atom. The molecule has 1 aliphatic rings. The van der Waals surface area contributed by atoms with Gasteiger partial charge in [0.05, 0.1) is 36.1 Å². The van der Waals surface area contributed by atoms with Crippen LogP contribution < -0.4 is 11.1 Å². The van der Waals surface area contributed by atoms with E-state index in [9.17, 15) is 14.7 Å². The Morgan fingerprint density at radius 1 is 1.25 bits per heavy atom. The van der Waals surface area contributed by atoms with Gasteiger partial charge in [0.25, 0.3) is 0 Å². The molecule has 3 aromatic rings. The Morgan fingerprint density at radius 2 is 1.97 bits per heavy atom. The van der Waals surface area contributed by atoms with Gasteiger partial charge in [-0.25, -0.2) is 4.79 Å². The highest BCUT2D eigenvalue weighted by Crippen LogP contribution is 2.39. The molecule has 1 aliphatic heterocycles. The molecule has 4 rings (SSSR count). The highest BCUT2D eigenvalue weighted by Gasteiger charge is 2.48. The quantitative estimate of drug-likeness (QED) is 0.427. The van der Waals surface area contributed by atoms with Crippen molar-refractivity contribution in [3.63, 3.8) is 0 Å². The summed E-state index contributed by atoms with van der Waals surface area (Å²) in [5.74, 6) is -0.332. The number of pyridine rings is 1. The molecular weight excluding hydrogens is 476 g/mol. The van der Waals surface area contributed by atoms with Crippen LogP contribution in [0.3, 0.4) is 0 Å². The summed E-state index contributed by atoms with van der Waals surface area (Å²) in [6.07, 6.45) is 0.762.